The largest absolute Gasteiger partial charge is 0.446 e. The third-order valence-corrected chi connectivity index (χ3v) is 1.53. The molecule has 0 bridgehead atoms. The molecule has 0 aliphatic heterocycles. The number of nitrogen functional groups attached to an aromatic ring is 1. The van der Waals surface area contributed by atoms with Gasteiger partial charge in [-0.05, 0) is 6.07 Å². The molecule has 0 saturated heterocycles. The Bertz CT molecular complexity index is 401. The standard InChI is InChI=1S/C8H11N3O4/c1-14-4-5-15-8(13)11-3-2-6(9)10-7(11)12/h2-3H,4-5H2,1H3,(H2,9,10,12). The van der Waals surface area contributed by atoms with Gasteiger partial charge in [0.2, 0.25) is 0 Å². The predicted octanol–water partition coefficient (Wildman–Crippen LogP) is -0.543. The minimum atomic E-state index is -0.801. The Hall–Kier alpha value is -1.89. The minimum Gasteiger partial charge on any atom is -0.446 e. The lowest BCUT2D eigenvalue weighted by Gasteiger charge is -2.04. The molecule has 15 heavy (non-hydrogen) atoms. The molecule has 82 valence electrons. The maximum Gasteiger partial charge on any atom is 0.422 e. The van der Waals surface area contributed by atoms with Gasteiger partial charge in [0.1, 0.15) is 12.4 Å². The van der Waals surface area contributed by atoms with Crippen LogP contribution in [-0.4, -0.2) is 36.0 Å². The first-order chi connectivity index (χ1) is 7.15. The summed E-state index contributed by atoms with van der Waals surface area (Å²) in [6, 6.07) is 1.33. The van der Waals surface area contributed by atoms with Crippen molar-refractivity contribution < 1.29 is 14.3 Å². The van der Waals surface area contributed by atoms with Gasteiger partial charge in [-0.25, -0.2) is 14.2 Å². The van der Waals surface area contributed by atoms with E-state index < -0.39 is 11.8 Å². The lowest BCUT2D eigenvalue weighted by atomic mass is 10.6. The Morgan fingerprint density at radius 2 is 2.33 bits per heavy atom. The second kappa shape index (κ2) is 5.11. The molecular weight excluding hydrogens is 202 g/mol. The highest BCUT2D eigenvalue weighted by molar-refractivity contribution is 5.70. The number of nitrogens with zero attached hydrogens (tertiary/aromatic N) is 2. The van der Waals surface area contributed by atoms with Crippen molar-refractivity contribution in [2.24, 2.45) is 0 Å². The van der Waals surface area contributed by atoms with E-state index >= 15 is 0 Å². The van der Waals surface area contributed by atoms with Gasteiger partial charge in [0.25, 0.3) is 0 Å². The van der Waals surface area contributed by atoms with E-state index in [0.29, 0.717) is 0 Å². The van der Waals surface area contributed by atoms with E-state index in [2.05, 4.69) is 9.72 Å². The van der Waals surface area contributed by atoms with Gasteiger partial charge in [0.05, 0.1) is 6.61 Å². The van der Waals surface area contributed by atoms with Gasteiger partial charge in [-0.15, -0.1) is 0 Å². The van der Waals surface area contributed by atoms with Crippen LogP contribution in [0.1, 0.15) is 0 Å². The number of hydrogen-bond donors (Lipinski definition) is 1. The van der Waals surface area contributed by atoms with Crippen molar-refractivity contribution in [3.63, 3.8) is 0 Å². The molecular formula is C8H11N3O4. The summed E-state index contributed by atoms with van der Waals surface area (Å²) in [5.74, 6) is 0.0564. The van der Waals surface area contributed by atoms with Crippen LogP contribution in [0.4, 0.5) is 10.6 Å². The van der Waals surface area contributed by atoms with E-state index in [0.717, 1.165) is 4.57 Å². The number of hydrogen-bond acceptors (Lipinski definition) is 6. The topological polar surface area (TPSA) is 96.4 Å². The molecule has 7 heteroatoms. The van der Waals surface area contributed by atoms with Crippen LogP contribution in [0, 0.1) is 0 Å². The van der Waals surface area contributed by atoms with Gasteiger partial charge in [-0.2, -0.15) is 4.98 Å². The molecule has 0 saturated carbocycles. The maximum absolute atomic E-state index is 11.3. The predicted molar refractivity (Wildman–Crippen MR) is 51.5 cm³/mol. The summed E-state index contributed by atoms with van der Waals surface area (Å²) in [6.45, 7) is 0.342. The van der Waals surface area contributed by atoms with Gasteiger partial charge in [0, 0.05) is 13.3 Å². The summed E-state index contributed by atoms with van der Waals surface area (Å²) in [5, 5.41) is 0. The van der Waals surface area contributed by atoms with E-state index in [1.165, 1.54) is 19.4 Å². The van der Waals surface area contributed by atoms with E-state index in [1.54, 1.807) is 0 Å². The third-order valence-electron chi connectivity index (χ3n) is 1.53. The highest BCUT2D eigenvalue weighted by Crippen LogP contribution is 1.91. The summed E-state index contributed by atoms with van der Waals surface area (Å²) in [4.78, 5) is 25.8. The van der Waals surface area contributed by atoms with Crippen LogP contribution in [0.15, 0.2) is 17.1 Å². The molecule has 1 aromatic rings. The quantitative estimate of drug-likeness (QED) is 0.677. The first-order valence-corrected chi connectivity index (χ1v) is 4.16. The highest BCUT2D eigenvalue weighted by atomic mass is 16.6. The zero-order valence-electron chi connectivity index (χ0n) is 8.17. The molecule has 0 aromatic carbocycles. The van der Waals surface area contributed by atoms with Crippen molar-refractivity contribution in [2.75, 3.05) is 26.1 Å². The summed E-state index contributed by atoms with van der Waals surface area (Å²) >= 11 is 0. The molecule has 1 rings (SSSR count). The van der Waals surface area contributed by atoms with Gasteiger partial charge < -0.3 is 15.2 Å². The number of rotatable bonds is 3. The number of carbonyl (C=O) groups excluding carboxylic acids is 1. The lowest BCUT2D eigenvalue weighted by Crippen LogP contribution is -2.30. The highest BCUT2D eigenvalue weighted by Gasteiger charge is 2.08. The molecule has 0 unspecified atom stereocenters. The Labute approximate surface area is 85.4 Å². The van der Waals surface area contributed by atoms with E-state index in [1.807, 2.05) is 0 Å². The van der Waals surface area contributed by atoms with Crippen molar-refractivity contribution in [1.29, 1.82) is 0 Å². The van der Waals surface area contributed by atoms with Crippen LogP contribution in [0.3, 0.4) is 0 Å². The van der Waals surface area contributed by atoms with Crippen molar-refractivity contribution in [1.82, 2.24) is 9.55 Å². The molecule has 7 nitrogen and oxygen atoms in total. The van der Waals surface area contributed by atoms with Crippen molar-refractivity contribution in [3.05, 3.63) is 22.7 Å². The first kappa shape index (κ1) is 11.2. The van der Waals surface area contributed by atoms with Crippen LogP contribution in [0.5, 0.6) is 0 Å². The SMILES string of the molecule is COCCOC(=O)n1ccc(N)nc1=O. The van der Waals surface area contributed by atoms with Gasteiger partial charge in [-0.1, -0.05) is 0 Å². The van der Waals surface area contributed by atoms with Crippen LogP contribution in [-0.2, 0) is 9.47 Å². The minimum absolute atomic E-state index is 0.0564. The Morgan fingerprint density at radius 3 is 2.93 bits per heavy atom. The maximum atomic E-state index is 11.3. The molecule has 0 radical (unpaired) electrons. The van der Waals surface area contributed by atoms with E-state index in [-0.39, 0.29) is 19.0 Å². The molecule has 0 amide bonds. The lowest BCUT2D eigenvalue weighted by molar-refractivity contribution is 0.0987. The van der Waals surface area contributed by atoms with Crippen LogP contribution < -0.4 is 11.4 Å². The van der Waals surface area contributed by atoms with Crippen LogP contribution in [0.2, 0.25) is 0 Å². The molecule has 0 spiro atoms. The smallest absolute Gasteiger partial charge is 0.422 e. The number of nitrogens with two attached hydrogens (primary N) is 1. The summed E-state index contributed by atoms with van der Waals surface area (Å²) in [7, 11) is 1.48. The normalized spacial score (nSPS) is 9.93. The average molecular weight is 213 g/mol. The Morgan fingerprint density at radius 1 is 1.60 bits per heavy atom. The van der Waals surface area contributed by atoms with Gasteiger partial charge in [-0.3, -0.25) is 0 Å². The summed E-state index contributed by atoms with van der Waals surface area (Å²) in [6.07, 6.45) is 0.407. The van der Waals surface area contributed by atoms with Crippen molar-refractivity contribution in [2.45, 2.75) is 0 Å². The Balaban J connectivity index is 2.70. The fraction of sp³-hybridized carbons (Fsp3) is 0.375. The average Bonchev–Trinajstić information content (AvgIpc) is 2.17. The first-order valence-electron chi connectivity index (χ1n) is 4.16. The molecule has 0 atom stereocenters. The van der Waals surface area contributed by atoms with Gasteiger partial charge >= 0.3 is 11.8 Å². The number of methoxy groups -OCH3 is 1. The number of ether oxygens (including phenoxy) is 2. The second-order valence-corrected chi connectivity index (χ2v) is 2.61. The molecule has 1 aromatic heterocycles. The van der Waals surface area contributed by atoms with Crippen LogP contribution in [0.25, 0.3) is 0 Å². The number of aromatic nitrogens is 2. The number of carbonyl (C=O) groups is 1. The van der Waals surface area contributed by atoms with Crippen LogP contribution >= 0.6 is 0 Å². The fourth-order valence-electron chi connectivity index (χ4n) is 0.837. The van der Waals surface area contributed by atoms with E-state index in [9.17, 15) is 9.59 Å². The summed E-state index contributed by atoms with van der Waals surface area (Å²) < 4.78 is 10.1. The molecule has 0 aliphatic carbocycles. The Kier molecular flexibility index (Phi) is 3.81. The third kappa shape index (κ3) is 3.06. The van der Waals surface area contributed by atoms with Crippen molar-refractivity contribution >= 4 is 11.9 Å². The molecule has 1 heterocycles. The number of anilines is 1. The summed E-state index contributed by atoms with van der Waals surface area (Å²) in [5.41, 5.74) is 4.49. The monoisotopic (exact) mass is 213 g/mol. The molecule has 0 fully saturated rings. The fourth-order valence-corrected chi connectivity index (χ4v) is 0.837. The molecule has 0 aliphatic rings. The van der Waals surface area contributed by atoms with Gasteiger partial charge in [0.15, 0.2) is 0 Å². The zero-order chi connectivity index (χ0) is 11.3. The van der Waals surface area contributed by atoms with Crippen molar-refractivity contribution in [3.8, 4) is 0 Å². The molecule has 2 N–H and O–H groups in total. The zero-order valence-corrected chi connectivity index (χ0v) is 8.17. The second-order valence-electron chi connectivity index (χ2n) is 2.61. The van der Waals surface area contributed by atoms with E-state index in [4.69, 9.17) is 10.5 Å².